The van der Waals surface area contributed by atoms with Crippen LogP contribution < -0.4 is 10.1 Å². The first-order chi connectivity index (χ1) is 16.0. The van der Waals surface area contributed by atoms with Crippen LogP contribution in [-0.4, -0.2) is 35.9 Å². The minimum Gasteiger partial charge on any atom is -0.490 e. The number of hydrogen-bond donors (Lipinski definition) is 1. The van der Waals surface area contributed by atoms with Crippen molar-refractivity contribution in [3.63, 3.8) is 0 Å². The molecular weight excluding hydrogens is 420 g/mol. The van der Waals surface area contributed by atoms with E-state index in [1.54, 1.807) is 12.1 Å². The molecule has 33 heavy (non-hydrogen) atoms. The number of fused-ring (bicyclic) bond motifs is 1. The van der Waals surface area contributed by atoms with Crippen LogP contribution in [0.5, 0.6) is 5.75 Å². The predicted octanol–water partition coefficient (Wildman–Crippen LogP) is 4.20. The molecule has 8 heteroatoms. The fourth-order valence-electron chi connectivity index (χ4n) is 4.11. The molecule has 0 fully saturated rings. The molecule has 8 nitrogen and oxygen atoms in total. The van der Waals surface area contributed by atoms with E-state index in [0.717, 1.165) is 36.0 Å². The summed E-state index contributed by atoms with van der Waals surface area (Å²) in [6.07, 6.45) is 2.78. The highest BCUT2D eigenvalue weighted by atomic mass is 16.5. The third-order valence-corrected chi connectivity index (χ3v) is 5.60. The minimum absolute atomic E-state index is 0.0341. The Hall–Kier alpha value is -3.70. The quantitative estimate of drug-likeness (QED) is 0.538. The van der Waals surface area contributed by atoms with E-state index in [1.165, 1.54) is 7.11 Å². The molecule has 2 aromatic carbocycles. The number of benzene rings is 2. The van der Waals surface area contributed by atoms with Gasteiger partial charge in [-0.05, 0) is 62.4 Å². The zero-order chi connectivity index (χ0) is 23.4. The van der Waals surface area contributed by atoms with Crippen LogP contribution in [0, 0.1) is 11.3 Å². The van der Waals surface area contributed by atoms with Crippen molar-refractivity contribution in [2.75, 3.05) is 13.7 Å². The first-order valence-electron chi connectivity index (χ1n) is 11.0. The molecular formula is C25H26N4O4. The summed E-state index contributed by atoms with van der Waals surface area (Å²) in [6.45, 7) is 3.99. The Morgan fingerprint density at radius 3 is 2.94 bits per heavy atom. The van der Waals surface area contributed by atoms with Crippen LogP contribution in [0.1, 0.15) is 49.4 Å². The number of aromatic nitrogens is 2. The van der Waals surface area contributed by atoms with Gasteiger partial charge < -0.3 is 19.3 Å². The minimum atomic E-state index is -0.289. The van der Waals surface area contributed by atoms with Crippen molar-refractivity contribution >= 4 is 5.97 Å². The molecule has 1 aliphatic carbocycles. The lowest BCUT2D eigenvalue weighted by molar-refractivity contribution is -0.139. The molecule has 0 saturated carbocycles. The van der Waals surface area contributed by atoms with Gasteiger partial charge in [0.2, 0.25) is 5.82 Å². The summed E-state index contributed by atoms with van der Waals surface area (Å²) in [5.41, 5.74) is 4.27. The summed E-state index contributed by atoms with van der Waals surface area (Å²) in [4.78, 5) is 16.2. The Bertz CT molecular complexity index is 1200. The third kappa shape index (κ3) is 4.89. The topological polar surface area (TPSA) is 110 Å². The largest absolute Gasteiger partial charge is 0.490 e. The zero-order valence-electron chi connectivity index (χ0n) is 18.9. The molecule has 0 spiro atoms. The smallest absolute Gasteiger partial charge is 0.319 e. The Labute approximate surface area is 192 Å². The molecule has 0 radical (unpaired) electrons. The summed E-state index contributed by atoms with van der Waals surface area (Å²) in [5.74, 6) is 1.07. The van der Waals surface area contributed by atoms with Gasteiger partial charge in [0.25, 0.3) is 5.89 Å². The average molecular weight is 447 g/mol. The lowest BCUT2D eigenvalue weighted by Gasteiger charge is -2.27. The van der Waals surface area contributed by atoms with Crippen LogP contribution in [0.25, 0.3) is 22.8 Å². The Morgan fingerprint density at radius 1 is 1.33 bits per heavy atom. The number of rotatable bonds is 7. The molecule has 0 bridgehead atoms. The number of ether oxygens (including phenoxy) is 2. The molecule has 0 saturated heterocycles. The number of nitriles is 1. The van der Waals surface area contributed by atoms with Crippen molar-refractivity contribution in [3.05, 3.63) is 53.1 Å². The summed E-state index contributed by atoms with van der Waals surface area (Å²) >= 11 is 0. The SMILES string of the molecule is COC(=O)CN[C@@H]1CCCc2c(-c3noc(-c4ccc(OC(C)C)c(C#N)c4)n3)cccc21. The fourth-order valence-corrected chi connectivity index (χ4v) is 4.11. The van der Waals surface area contributed by atoms with E-state index in [4.69, 9.17) is 14.0 Å². The van der Waals surface area contributed by atoms with Gasteiger partial charge in [0.15, 0.2) is 0 Å². The number of carbonyl (C=O) groups is 1. The standard InChI is InChI=1S/C25H26N4O4/c1-15(2)32-22-11-10-16(12-17(22)13-26)25-28-24(29-33-25)20-8-4-7-19-18(20)6-5-9-21(19)27-14-23(30)31-3/h4,7-8,10-12,15,21,27H,5-6,9,14H2,1-3H3/t21-/m1/s1. The van der Waals surface area contributed by atoms with Crippen molar-refractivity contribution < 1.29 is 18.8 Å². The maximum absolute atomic E-state index is 11.6. The van der Waals surface area contributed by atoms with E-state index >= 15 is 0 Å². The highest BCUT2D eigenvalue weighted by molar-refractivity contribution is 5.71. The molecule has 1 N–H and O–H groups in total. The van der Waals surface area contributed by atoms with E-state index in [1.807, 2.05) is 32.0 Å². The molecule has 1 atom stereocenters. The van der Waals surface area contributed by atoms with Crippen molar-refractivity contribution in [2.45, 2.75) is 45.3 Å². The Morgan fingerprint density at radius 2 is 2.18 bits per heavy atom. The highest BCUT2D eigenvalue weighted by Crippen LogP contribution is 2.36. The number of nitrogens with zero attached hydrogens (tertiary/aromatic N) is 3. The van der Waals surface area contributed by atoms with E-state index < -0.39 is 0 Å². The van der Waals surface area contributed by atoms with Gasteiger partial charge in [-0.25, -0.2) is 0 Å². The number of methoxy groups -OCH3 is 1. The third-order valence-electron chi connectivity index (χ3n) is 5.60. The van der Waals surface area contributed by atoms with Crippen LogP contribution in [0.4, 0.5) is 0 Å². The fraction of sp³-hybridized carbons (Fsp3) is 0.360. The first kappa shape index (κ1) is 22.5. The molecule has 3 aromatic rings. The van der Waals surface area contributed by atoms with Gasteiger partial charge in [0, 0.05) is 17.2 Å². The lowest BCUT2D eigenvalue weighted by atomic mass is 9.84. The van der Waals surface area contributed by atoms with Crippen LogP contribution >= 0.6 is 0 Å². The van der Waals surface area contributed by atoms with Gasteiger partial charge in [0.05, 0.1) is 25.3 Å². The second-order valence-electron chi connectivity index (χ2n) is 8.19. The van der Waals surface area contributed by atoms with Gasteiger partial charge in [-0.1, -0.05) is 23.4 Å². The summed E-state index contributed by atoms with van der Waals surface area (Å²) < 4.78 is 16.0. The molecule has 1 aliphatic rings. The van der Waals surface area contributed by atoms with Crippen molar-refractivity contribution in [3.8, 4) is 34.7 Å². The zero-order valence-corrected chi connectivity index (χ0v) is 18.9. The van der Waals surface area contributed by atoms with Crippen LogP contribution in [0.3, 0.4) is 0 Å². The van der Waals surface area contributed by atoms with Crippen LogP contribution in [-0.2, 0) is 16.0 Å². The summed E-state index contributed by atoms with van der Waals surface area (Å²) in [6, 6.07) is 13.5. The van der Waals surface area contributed by atoms with Crippen molar-refractivity contribution in [2.24, 2.45) is 0 Å². The molecule has 170 valence electrons. The second kappa shape index (κ2) is 9.84. The average Bonchev–Trinajstić information content (AvgIpc) is 3.32. The normalized spacial score (nSPS) is 15.1. The van der Waals surface area contributed by atoms with E-state index in [9.17, 15) is 10.1 Å². The highest BCUT2D eigenvalue weighted by Gasteiger charge is 2.25. The Balaban J connectivity index is 1.62. The molecule has 4 rings (SSSR count). The summed E-state index contributed by atoms with van der Waals surface area (Å²) in [7, 11) is 1.38. The number of carbonyl (C=O) groups excluding carboxylic acids is 1. The van der Waals surface area contributed by atoms with Crippen LogP contribution in [0.2, 0.25) is 0 Å². The van der Waals surface area contributed by atoms with Crippen LogP contribution in [0.15, 0.2) is 40.9 Å². The molecule has 0 unspecified atom stereocenters. The van der Waals surface area contributed by atoms with E-state index in [-0.39, 0.29) is 24.7 Å². The maximum atomic E-state index is 11.6. The summed E-state index contributed by atoms with van der Waals surface area (Å²) in [5, 5.41) is 17.0. The second-order valence-corrected chi connectivity index (χ2v) is 8.19. The lowest BCUT2D eigenvalue weighted by Crippen LogP contribution is -2.30. The van der Waals surface area contributed by atoms with E-state index in [2.05, 4.69) is 27.6 Å². The van der Waals surface area contributed by atoms with Crippen molar-refractivity contribution in [1.29, 1.82) is 5.26 Å². The first-order valence-corrected chi connectivity index (χ1v) is 11.0. The maximum Gasteiger partial charge on any atom is 0.319 e. The Kier molecular flexibility index (Phi) is 6.71. The molecule has 0 aliphatic heterocycles. The van der Waals surface area contributed by atoms with Gasteiger partial charge in [0.1, 0.15) is 11.8 Å². The van der Waals surface area contributed by atoms with Crippen molar-refractivity contribution in [1.82, 2.24) is 15.5 Å². The molecule has 0 amide bonds. The number of hydrogen-bond acceptors (Lipinski definition) is 8. The number of esters is 1. The van der Waals surface area contributed by atoms with Gasteiger partial charge >= 0.3 is 5.97 Å². The van der Waals surface area contributed by atoms with Gasteiger partial charge in [-0.2, -0.15) is 10.2 Å². The molecule has 1 aromatic heterocycles. The van der Waals surface area contributed by atoms with E-state index in [0.29, 0.717) is 28.6 Å². The monoisotopic (exact) mass is 446 g/mol. The predicted molar refractivity (Wildman–Crippen MR) is 121 cm³/mol. The van der Waals surface area contributed by atoms with Gasteiger partial charge in [-0.3, -0.25) is 4.79 Å². The number of nitrogens with one attached hydrogen (secondary N) is 1. The molecule has 1 heterocycles. The van der Waals surface area contributed by atoms with Gasteiger partial charge in [-0.15, -0.1) is 0 Å².